The Morgan fingerprint density at radius 2 is 1.80 bits per heavy atom. The van der Waals surface area contributed by atoms with Gasteiger partial charge in [0, 0.05) is 24.3 Å². The van der Waals surface area contributed by atoms with Gasteiger partial charge in [-0.15, -0.1) is 12.4 Å². The van der Waals surface area contributed by atoms with Crippen LogP contribution in [0.1, 0.15) is 26.3 Å². The highest BCUT2D eigenvalue weighted by molar-refractivity contribution is 5.95. The molecule has 0 aliphatic heterocycles. The second-order valence-corrected chi connectivity index (χ2v) is 4.85. The van der Waals surface area contributed by atoms with Crippen LogP contribution in [-0.2, 0) is 9.59 Å². The summed E-state index contributed by atoms with van der Waals surface area (Å²) in [6.07, 6.45) is 0. The standard InChI is InChI=1S/C14H21N3O2.ClH/c1-8-5-6-12(16-11(4)18)7-13(8)17-14(19)9(2)10(3)15;/h5-7,9-10H,15H2,1-4H3,(H,16,18)(H,17,19);1H. The van der Waals surface area contributed by atoms with E-state index in [1.165, 1.54) is 6.92 Å². The first kappa shape index (κ1) is 18.4. The van der Waals surface area contributed by atoms with Crippen LogP contribution in [0.25, 0.3) is 0 Å². The van der Waals surface area contributed by atoms with Crippen LogP contribution in [0.3, 0.4) is 0 Å². The van der Waals surface area contributed by atoms with Crippen LogP contribution in [-0.4, -0.2) is 17.9 Å². The Balaban J connectivity index is 0.00000361. The summed E-state index contributed by atoms with van der Waals surface area (Å²) in [7, 11) is 0. The lowest BCUT2D eigenvalue weighted by Gasteiger charge is -2.17. The third kappa shape index (κ3) is 5.19. The molecule has 0 radical (unpaired) electrons. The Labute approximate surface area is 125 Å². The molecule has 4 N–H and O–H groups in total. The van der Waals surface area contributed by atoms with Gasteiger partial charge in [0.05, 0.1) is 5.92 Å². The lowest BCUT2D eigenvalue weighted by molar-refractivity contribution is -0.119. The van der Waals surface area contributed by atoms with E-state index in [2.05, 4.69) is 10.6 Å². The summed E-state index contributed by atoms with van der Waals surface area (Å²) in [5.74, 6) is -0.549. The Bertz CT molecular complexity index is 489. The molecule has 6 heteroatoms. The minimum atomic E-state index is -0.274. The summed E-state index contributed by atoms with van der Waals surface area (Å²) in [4.78, 5) is 23.0. The van der Waals surface area contributed by atoms with Crippen molar-refractivity contribution in [3.8, 4) is 0 Å². The molecule has 0 aliphatic rings. The first-order valence-corrected chi connectivity index (χ1v) is 6.26. The highest BCUT2D eigenvalue weighted by atomic mass is 35.5. The van der Waals surface area contributed by atoms with Gasteiger partial charge in [0.1, 0.15) is 0 Å². The van der Waals surface area contributed by atoms with Gasteiger partial charge in [-0.25, -0.2) is 0 Å². The van der Waals surface area contributed by atoms with Crippen LogP contribution >= 0.6 is 12.4 Å². The molecule has 2 unspecified atom stereocenters. The number of rotatable bonds is 4. The molecule has 0 saturated carbocycles. The van der Waals surface area contributed by atoms with Gasteiger partial charge >= 0.3 is 0 Å². The number of carbonyl (C=O) groups excluding carboxylic acids is 2. The van der Waals surface area contributed by atoms with E-state index in [0.717, 1.165) is 5.56 Å². The van der Waals surface area contributed by atoms with E-state index in [0.29, 0.717) is 11.4 Å². The second-order valence-electron chi connectivity index (χ2n) is 4.85. The maximum absolute atomic E-state index is 12.0. The van der Waals surface area contributed by atoms with Gasteiger partial charge in [-0.2, -0.15) is 0 Å². The van der Waals surface area contributed by atoms with Crippen molar-refractivity contribution < 1.29 is 9.59 Å². The molecule has 112 valence electrons. The summed E-state index contributed by atoms with van der Waals surface area (Å²) in [6.45, 7) is 6.91. The molecular weight excluding hydrogens is 278 g/mol. The Morgan fingerprint density at radius 3 is 2.30 bits per heavy atom. The molecule has 0 fully saturated rings. The summed E-state index contributed by atoms with van der Waals surface area (Å²) < 4.78 is 0. The Hall–Kier alpha value is -1.59. The molecule has 1 aromatic rings. The molecule has 0 heterocycles. The maximum Gasteiger partial charge on any atom is 0.228 e. The third-order valence-electron chi connectivity index (χ3n) is 3.02. The molecule has 2 atom stereocenters. The summed E-state index contributed by atoms with van der Waals surface area (Å²) in [5, 5.41) is 5.52. The van der Waals surface area contributed by atoms with Crippen LogP contribution in [0.5, 0.6) is 0 Å². The number of benzene rings is 1. The monoisotopic (exact) mass is 299 g/mol. The molecule has 1 rings (SSSR count). The quantitative estimate of drug-likeness (QED) is 0.797. The highest BCUT2D eigenvalue weighted by Crippen LogP contribution is 2.21. The topological polar surface area (TPSA) is 84.2 Å². The fraction of sp³-hybridized carbons (Fsp3) is 0.429. The van der Waals surface area contributed by atoms with Crippen LogP contribution in [0.2, 0.25) is 0 Å². The van der Waals surface area contributed by atoms with Crippen molar-refractivity contribution in [2.45, 2.75) is 33.7 Å². The summed E-state index contributed by atoms with van der Waals surface area (Å²) in [6, 6.07) is 5.17. The third-order valence-corrected chi connectivity index (χ3v) is 3.02. The number of aryl methyl sites for hydroxylation is 1. The molecule has 20 heavy (non-hydrogen) atoms. The Kier molecular flexibility index (Phi) is 7.24. The van der Waals surface area contributed by atoms with Crippen molar-refractivity contribution in [2.24, 2.45) is 11.7 Å². The van der Waals surface area contributed by atoms with Crippen molar-refractivity contribution in [3.63, 3.8) is 0 Å². The number of carbonyl (C=O) groups is 2. The van der Waals surface area contributed by atoms with Gasteiger partial charge in [0.25, 0.3) is 0 Å². The zero-order valence-electron chi connectivity index (χ0n) is 12.2. The fourth-order valence-corrected chi connectivity index (χ4v) is 1.52. The van der Waals surface area contributed by atoms with Gasteiger partial charge in [-0.3, -0.25) is 9.59 Å². The average Bonchev–Trinajstić information content (AvgIpc) is 2.31. The van der Waals surface area contributed by atoms with Gasteiger partial charge < -0.3 is 16.4 Å². The number of nitrogens with one attached hydrogen (secondary N) is 2. The average molecular weight is 300 g/mol. The molecular formula is C14H22ClN3O2. The minimum Gasteiger partial charge on any atom is -0.327 e. The normalized spacial score (nSPS) is 12.8. The van der Waals surface area contributed by atoms with Crippen molar-refractivity contribution in [2.75, 3.05) is 10.6 Å². The molecule has 1 aromatic carbocycles. The summed E-state index contributed by atoms with van der Waals surface area (Å²) >= 11 is 0. The zero-order chi connectivity index (χ0) is 14.6. The Morgan fingerprint density at radius 1 is 1.20 bits per heavy atom. The first-order valence-electron chi connectivity index (χ1n) is 6.26. The smallest absolute Gasteiger partial charge is 0.228 e. The van der Waals surface area contributed by atoms with Gasteiger partial charge in [-0.05, 0) is 31.5 Å². The van der Waals surface area contributed by atoms with E-state index in [4.69, 9.17) is 5.73 Å². The molecule has 2 amide bonds. The van der Waals surface area contributed by atoms with Crippen LogP contribution < -0.4 is 16.4 Å². The first-order chi connectivity index (χ1) is 8.81. The van der Waals surface area contributed by atoms with Crippen molar-refractivity contribution in [3.05, 3.63) is 23.8 Å². The lowest BCUT2D eigenvalue weighted by Crippen LogP contribution is -2.34. The van der Waals surface area contributed by atoms with Crippen LogP contribution in [0, 0.1) is 12.8 Å². The molecule has 0 aromatic heterocycles. The predicted molar refractivity (Wildman–Crippen MR) is 84.2 cm³/mol. The maximum atomic E-state index is 12.0. The molecule has 0 aliphatic carbocycles. The molecule has 5 nitrogen and oxygen atoms in total. The van der Waals surface area contributed by atoms with E-state index in [1.54, 1.807) is 26.0 Å². The number of nitrogens with two attached hydrogens (primary N) is 1. The minimum absolute atomic E-state index is 0. The van der Waals surface area contributed by atoms with Gasteiger partial charge in [0.2, 0.25) is 11.8 Å². The van der Waals surface area contributed by atoms with E-state index in [9.17, 15) is 9.59 Å². The molecule has 0 saturated heterocycles. The fourth-order valence-electron chi connectivity index (χ4n) is 1.52. The van der Waals surface area contributed by atoms with Crippen molar-refractivity contribution in [1.29, 1.82) is 0 Å². The number of halogens is 1. The largest absolute Gasteiger partial charge is 0.327 e. The van der Waals surface area contributed by atoms with E-state index in [1.807, 2.05) is 13.0 Å². The van der Waals surface area contributed by atoms with Crippen molar-refractivity contribution in [1.82, 2.24) is 0 Å². The van der Waals surface area contributed by atoms with Gasteiger partial charge in [-0.1, -0.05) is 13.0 Å². The van der Waals surface area contributed by atoms with E-state index < -0.39 is 0 Å². The number of hydrogen-bond donors (Lipinski definition) is 3. The van der Waals surface area contributed by atoms with E-state index in [-0.39, 0.29) is 36.2 Å². The number of anilines is 2. The highest BCUT2D eigenvalue weighted by Gasteiger charge is 2.17. The lowest BCUT2D eigenvalue weighted by atomic mass is 10.0. The summed E-state index contributed by atoms with van der Waals surface area (Å²) in [5.41, 5.74) is 7.97. The van der Waals surface area contributed by atoms with Crippen LogP contribution in [0.15, 0.2) is 18.2 Å². The SMILES string of the molecule is CC(=O)Nc1ccc(C)c(NC(=O)C(C)C(C)N)c1.Cl. The van der Waals surface area contributed by atoms with Gasteiger partial charge in [0.15, 0.2) is 0 Å². The number of amides is 2. The number of hydrogen-bond acceptors (Lipinski definition) is 3. The second kappa shape index (κ2) is 7.87. The van der Waals surface area contributed by atoms with Crippen LogP contribution in [0.4, 0.5) is 11.4 Å². The predicted octanol–water partition coefficient (Wildman–Crippen LogP) is 2.30. The zero-order valence-corrected chi connectivity index (χ0v) is 13.0. The molecule has 0 spiro atoms. The van der Waals surface area contributed by atoms with Crippen molar-refractivity contribution >= 4 is 35.6 Å². The van der Waals surface area contributed by atoms with E-state index >= 15 is 0 Å². The molecule has 0 bridgehead atoms.